The molecular weight excluding hydrogens is 777 g/mol. The zero-order chi connectivity index (χ0) is 42.7. The number of rotatable bonds is 2. The Hall–Kier alpha value is -8.10. The van der Waals surface area contributed by atoms with Crippen LogP contribution in [0.25, 0.3) is 33.4 Å². The molecule has 0 amide bonds. The van der Waals surface area contributed by atoms with Crippen molar-refractivity contribution in [2.24, 2.45) is 14.1 Å². The molecule has 0 aliphatic rings. The summed E-state index contributed by atoms with van der Waals surface area (Å²) in [6.45, 7) is 1.81. The van der Waals surface area contributed by atoms with Crippen molar-refractivity contribution in [3.63, 3.8) is 0 Å². The van der Waals surface area contributed by atoms with Crippen LogP contribution < -0.4 is 22.5 Å². The minimum Gasteiger partial charge on any atom is -0.296 e. The lowest BCUT2D eigenvalue weighted by atomic mass is 10.1. The Kier molecular flexibility index (Phi) is 11.0. The number of aryl methyl sites for hydroxylation is 3. The maximum atomic E-state index is 14.8. The van der Waals surface area contributed by atoms with Crippen LogP contribution in [-0.2, 0) is 20.3 Å². The number of nitrogens with zero attached hydrogens (tertiary/aromatic N) is 6. The predicted molar refractivity (Wildman–Crippen MR) is 220 cm³/mol. The smallest absolute Gasteiger partial charge is 0.296 e. The van der Waals surface area contributed by atoms with Gasteiger partial charge in [-0.1, -0.05) is 84.3 Å². The average molecular weight is 807 g/mol. The molecule has 0 atom stereocenters. The number of aromatic nitrogens is 6. The number of para-hydroxylation sites is 2. The van der Waals surface area contributed by atoms with E-state index >= 15 is 0 Å². The topological polar surface area (TPSA) is 114 Å². The summed E-state index contributed by atoms with van der Waals surface area (Å²) >= 11 is 0. The predicted octanol–water partition coefficient (Wildman–Crippen LogP) is 6.43. The van der Waals surface area contributed by atoms with Gasteiger partial charge in [0, 0.05) is 48.7 Å². The van der Waals surface area contributed by atoms with Gasteiger partial charge in [0.25, 0.3) is 11.1 Å². The minimum absolute atomic E-state index is 0.00518. The fraction of sp³-hybridized carbons (Fsp3) is 0.0870. The molecule has 8 rings (SSSR count). The van der Waals surface area contributed by atoms with Crippen molar-refractivity contribution < 1.29 is 17.6 Å². The monoisotopic (exact) mass is 806 g/mol. The van der Waals surface area contributed by atoms with Crippen LogP contribution in [0.15, 0.2) is 147 Å². The largest absolute Gasteiger partial charge is 0.420 e. The lowest BCUT2D eigenvalue weighted by molar-refractivity contribution is -0.137. The van der Waals surface area contributed by atoms with Gasteiger partial charge in [-0.25, -0.2) is 33.1 Å². The second-order valence-electron chi connectivity index (χ2n) is 13.3. The van der Waals surface area contributed by atoms with Gasteiger partial charge in [-0.05, 0) is 67.1 Å². The summed E-state index contributed by atoms with van der Waals surface area (Å²) in [5.74, 6) is 9.23. The molecule has 10 nitrogen and oxygen atoms in total. The van der Waals surface area contributed by atoms with Crippen molar-refractivity contribution >= 4 is 21.8 Å². The van der Waals surface area contributed by atoms with E-state index in [0.29, 0.717) is 32.1 Å². The van der Waals surface area contributed by atoms with Crippen LogP contribution in [0.4, 0.5) is 17.6 Å². The summed E-state index contributed by atoms with van der Waals surface area (Å²) in [5.41, 5.74) is -0.920. The summed E-state index contributed by atoms with van der Waals surface area (Å²) in [6, 6.07) is 31.3. The SMILES string of the molecule is Cc1cccc2c(=O)n(-c3ncc(C#Cc4ccccc4)cc3F)c(=O)n(C)c12.Cn1c(=O)n(-c2ncc(C#Cc3ccccc3)cc2C(F)(F)F)c(=O)c2ccccc21. The number of pyridine rings is 2. The van der Waals surface area contributed by atoms with E-state index in [-0.39, 0.29) is 16.8 Å². The number of benzene rings is 4. The first-order valence-corrected chi connectivity index (χ1v) is 18.0. The molecule has 0 aliphatic heterocycles. The standard InChI is InChI=1S/C23H14F3N3O2.C23H16FN3O2/c1-28-19-10-6-5-9-17(19)21(30)29(22(28)31)20-18(23(24,25)26)13-16(14-27-20)12-11-15-7-3-2-4-8-15;1-15-7-6-10-18-20(15)26(2)23(29)27(22(18)28)21-19(24)13-17(14-25-21)12-11-16-8-4-3-5-9-16/h2-10,13-14H,1H3;3-10,13-14H,1-2H3. The highest BCUT2D eigenvalue weighted by atomic mass is 19.4. The quantitative estimate of drug-likeness (QED) is 0.147. The fourth-order valence-electron chi connectivity index (χ4n) is 6.42. The number of fused-ring (bicyclic) bond motifs is 2. The number of alkyl halides is 3. The average Bonchev–Trinajstić information content (AvgIpc) is 3.25. The fourth-order valence-corrected chi connectivity index (χ4v) is 6.42. The zero-order valence-electron chi connectivity index (χ0n) is 32.0. The van der Waals surface area contributed by atoms with Crippen molar-refractivity contribution in [2.75, 3.05) is 0 Å². The lowest BCUT2D eigenvalue weighted by Crippen LogP contribution is -2.39. The van der Waals surface area contributed by atoms with E-state index in [1.807, 2.05) is 43.3 Å². The molecule has 0 bridgehead atoms. The number of hydrogen-bond donors (Lipinski definition) is 0. The molecule has 0 spiro atoms. The maximum absolute atomic E-state index is 14.8. The molecule has 0 aliphatic carbocycles. The van der Waals surface area contributed by atoms with Crippen LogP contribution in [0.3, 0.4) is 0 Å². The molecule has 0 fully saturated rings. The second kappa shape index (κ2) is 16.4. The van der Waals surface area contributed by atoms with Crippen LogP contribution >= 0.6 is 0 Å². The van der Waals surface area contributed by atoms with E-state index < -0.39 is 45.9 Å². The van der Waals surface area contributed by atoms with Crippen molar-refractivity contribution in [3.8, 4) is 35.3 Å². The third kappa shape index (κ3) is 7.90. The summed E-state index contributed by atoms with van der Waals surface area (Å²) in [4.78, 5) is 59.2. The van der Waals surface area contributed by atoms with Crippen LogP contribution in [0.1, 0.15) is 33.4 Å². The molecule has 60 heavy (non-hydrogen) atoms. The Morgan fingerprint density at radius 2 is 1.03 bits per heavy atom. The zero-order valence-corrected chi connectivity index (χ0v) is 32.0. The van der Waals surface area contributed by atoms with Gasteiger partial charge >= 0.3 is 17.6 Å². The van der Waals surface area contributed by atoms with Gasteiger partial charge in [0.15, 0.2) is 17.5 Å². The summed E-state index contributed by atoms with van der Waals surface area (Å²) < 4.78 is 60.0. The Morgan fingerprint density at radius 3 is 1.63 bits per heavy atom. The molecule has 4 aromatic heterocycles. The van der Waals surface area contributed by atoms with E-state index in [1.165, 1.54) is 29.9 Å². The first kappa shape index (κ1) is 40.1. The molecule has 4 aromatic carbocycles. The highest BCUT2D eigenvalue weighted by molar-refractivity contribution is 5.81. The van der Waals surface area contributed by atoms with E-state index in [2.05, 4.69) is 33.6 Å². The molecule has 14 heteroatoms. The molecule has 0 unspecified atom stereocenters. The third-order valence-corrected chi connectivity index (χ3v) is 9.33. The first-order chi connectivity index (χ1) is 28.7. The van der Waals surface area contributed by atoms with Gasteiger partial charge in [0.1, 0.15) is 5.56 Å². The Bertz CT molecular complexity index is 3350. The molecular formula is C46H30F4N6O4. The van der Waals surface area contributed by atoms with Crippen LogP contribution in [0.5, 0.6) is 0 Å². The molecule has 296 valence electrons. The Labute approximate surface area is 337 Å². The Morgan fingerprint density at radius 1 is 0.550 bits per heavy atom. The van der Waals surface area contributed by atoms with Gasteiger partial charge in [-0.15, -0.1) is 0 Å². The van der Waals surface area contributed by atoms with E-state index in [9.17, 15) is 36.7 Å². The summed E-state index contributed by atoms with van der Waals surface area (Å²) in [6.07, 6.45) is -2.40. The van der Waals surface area contributed by atoms with Gasteiger partial charge in [0.2, 0.25) is 0 Å². The molecule has 4 heterocycles. The minimum atomic E-state index is -4.86. The van der Waals surface area contributed by atoms with E-state index in [1.54, 1.807) is 67.7 Å². The van der Waals surface area contributed by atoms with Gasteiger partial charge < -0.3 is 0 Å². The second-order valence-corrected chi connectivity index (χ2v) is 13.3. The van der Waals surface area contributed by atoms with Gasteiger partial charge in [-0.2, -0.15) is 13.2 Å². The normalized spacial score (nSPS) is 10.9. The molecule has 0 saturated carbocycles. The van der Waals surface area contributed by atoms with Crippen molar-refractivity contribution in [2.45, 2.75) is 13.1 Å². The van der Waals surface area contributed by atoms with Gasteiger partial charge in [0.05, 0.1) is 21.8 Å². The Balaban J connectivity index is 0.000000182. The molecule has 0 N–H and O–H groups in total. The van der Waals surface area contributed by atoms with Crippen LogP contribution in [0, 0.1) is 36.4 Å². The van der Waals surface area contributed by atoms with Crippen molar-refractivity contribution in [1.29, 1.82) is 0 Å². The van der Waals surface area contributed by atoms with Crippen LogP contribution in [0.2, 0.25) is 0 Å². The van der Waals surface area contributed by atoms with Gasteiger partial charge in [-0.3, -0.25) is 18.7 Å². The number of halogens is 4. The highest BCUT2D eigenvalue weighted by Crippen LogP contribution is 2.33. The third-order valence-electron chi connectivity index (χ3n) is 9.33. The maximum Gasteiger partial charge on any atom is 0.420 e. The summed E-state index contributed by atoms with van der Waals surface area (Å²) in [7, 11) is 2.93. The van der Waals surface area contributed by atoms with Crippen molar-refractivity contribution in [3.05, 3.63) is 209 Å². The van der Waals surface area contributed by atoms with E-state index in [0.717, 1.165) is 32.5 Å². The lowest BCUT2D eigenvalue weighted by Gasteiger charge is -2.15. The van der Waals surface area contributed by atoms with E-state index in [4.69, 9.17) is 0 Å². The summed E-state index contributed by atoms with van der Waals surface area (Å²) in [5, 5.41) is 0.425. The van der Waals surface area contributed by atoms with Crippen LogP contribution in [-0.4, -0.2) is 28.2 Å². The molecule has 8 aromatic rings. The highest BCUT2D eigenvalue weighted by Gasteiger charge is 2.36. The number of hydrogen-bond acceptors (Lipinski definition) is 6. The first-order valence-electron chi connectivity index (χ1n) is 18.0. The molecule has 0 radical (unpaired) electrons. The van der Waals surface area contributed by atoms with Crippen molar-refractivity contribution in [1.82, 2.24) is 28.2 Å². The molecule has 0 saturated heterocycles.